The van der Waals surface area contributed by atoms with Crippen molar-refractivity contribution in [1.82, 2.24) is 20.0 Å². The Balaban J connectivity index is 1.23. The van der Waals surface area contributed by atoms with Crippen molar-refractivity contribution in [3.05, 3.63) is 22.4 Å². The molecule has 0 radical (unpaired) electrons. The number of hydrogen-bond donors (Lipinski definition) is 1. The second-order valence-electron chi connectivity index (χ2n) is 7.71. The third kappa shape index (κ3) is 3.73. The van der Waals surface area contributed by atoms with Gasteiger partial charge in [-0.25, -0.2) is 0 Å². The number of amides is 3. The van der Waals surface area contributed by atoms with Crippen molar-refractivity contribution in [1.29, 1.82) is 0 Å². The van der Waals surface area contributed by atoms with Crippen LogP contribution in [0.2, 0.25) is 0 Å². The average Bonchev–Trinajstić information content (AvgIpc) is 3.34. The van der Waals surface area contributed by atoms with Gasteiger partial charge in [-0.05, 0) is 43.8 Å². The summed E-state index contributed by atoms with van der Waals surface area (Å²) in [5.41, 5.74) is -0.187. The van der Waals surface area contributed by atoms with Gasteiger partial charge in [-0.3, -0.25) is 19.3 Å². The van der Waals surface area contributed by atoms with Gasteiger partial charge in [0, 0.05) is 32.7 Å². The van der Waals surface area contributed by atoms with Gasteiger partial charge in [0.25, 0.3) is 5.91 Å². The highest BCUT2D eigenvalue weighted by molar-refractivity contribution is 7.12. The standard InChI is InChI=1S/C19H26N4O3S/c24-16(14-21-7-4-19(5-8-21)3-6-20-18(19)26)22-9-11-23(12-10-22)17(25)15-2-1-13-27-15/h1-2,13H,3-12,14H2,(H,20,26). The van der Waals surface area contributed by atoms with E-state index in [1.165, 1.54) is 11.3 Å². The van der Waals surface area contributed by atoms with Crippen LogP contribution in [0.1, 0.15) is 28.9 Å². The molecule has 3 amide bonds. The largest absolute Gasteiger partial charge is 0.356 e. The van der Waals surface area contributed by atoms with E-state index in [1.807, 2.05) is 27.3 Å². The molecule has 0 atom stereocenters. The minimum Gasteiger partial charge on any atom is -0.356 e. The van der Waals surface area contributed by atoms with Gasteiger partial charge in [-0.15, -0.1) is 11.3 Å². The molecule has 3 fully saturated rings. The number of carbonyl (C=O) groups excluding carboxylic acids is 3. The number of piperidine rings is 1. The lowest BCUT2D eigenvalue weighted by Gasteiger charge is -2.39. The fourth-order valence-corrected chi connectivity index (χ4v) is 5.03. The lowest BCUT2D eigenvalue weighted by molar-refractivity contribution is -0.135. The van der Waals surface area contributed by atoms with E-state index in [2.05, 4.69) is 10.2 Å². The minimum absolute atomic E-state index is 0.0632. The van der Waals surface area contributed by atoms with Gasteiger partial charge < -0.3 is 15.1 Å². The lowest BCUT2D eigenvalue weighted by Crippen LogP contribution is -2.53. The Morgan fingerprint density at radius 1 is 1.04 bits per heavy atom. The van der Waals surface area contributed by atoms with Gasteiger partial charge in [0.2, 0.25) is 11.8 Å². The smallest absolute Gasteiger partial charge is 0.264 e. The molecule has 0 aliphatic carbocycles. The summed E-state index contributed by atoms with van der Waals surface area (Å²) in [6.07, 6.45) is 2.61. The van der Waals surface area contributed by atoms with E-state index in [-0.39, 0.29) is 23.1 Å². The van der Waals surface area contributed by atoms with Gasteiger partial charge in [0.1, 0.15) is 0 Å². The SMILES string of the molecule is O=C(CN1CCC2(CCNC2=O)CC1)N1CCN(C(=O)c2cccs2)CC1. The van der Waals surface area contributed by atoms with Gasteiger partial charge in [0.05, 0.1) is 16.8 Å². The summed E-state index contributed by atoms with van der Waals surface area (Å²) in [4.78, 5) is 43.7. The first-order valence-corrected chi connectivity index (χ1v) is 10.6. The molecular formula is C19H26N4O3S. The molecule has 3 aliphatic heterocycles. The number of hydrogen-bond acceptors (Lipinski definition) is 5. The van der Waals surface area contributed by atoms with Crippen LogP contribution in [-0.2, 0) is 9.59 Å². The normalized spacial score (nSPS) is 22.9. The highest BCUT2D eigenvalue weighted by Crippen LogP contribution is 2.37. The van der Waals surface area contributed by atoms with Crippen LogP contribution in [0.4, 0.5) is 0 Å². The van der Waals surface area contributed by atoms with E-state index in [0.29, 0.717) is 32.7 Å². The Bertz CT molecular complexity index is 705. The fraction of sp³-hybridized carbons (Fsp3) is 0.632. The summed E-state index contributed by atoms with van der Waals surface area (Å²) in [5.74, 6) is 0.387. The Hall–Kier alpha value is -1.93. The number of thiophene rings is 1. The third-order valence-electron chi connectivity index (χ3n) is 6.19. The fourth-order valence-electron chi connectivity index (χ4n) is 4.34. The molecule has 27 heavy (non-hydrogen) atoms. The molecule has 8 heteroatoms. The van der Waals surface area contributed by atoms with Crippen LogP contribution < -0.4 is 5.32 Å². The van der Waals surface area contributed by atoms with Crippen molar-refractivity contribution in [3.8, 4) is 0 Å². The zero-order valence-corrected chi connectivity index (χ0v) is 16.3. The first-order valence-electron chi connectivity index (χ1n) is 9.69. The Morgan fingerprint density at radius 3 is 2.33 bits per heavy atom. The highest BCUT2D eigenvalue weighted by atomic mass is 32.1. The molecule has 1 aromatic rings. The van der Waals surface area contributed by atoms with Crippen LogP contribution in [-0.4, -0.2) is 84.8 Å². The molecule has 3 saturated heterocycles. The first-order chi connectivity index (χ1) is 13.1. The van der Waals surface area contributed by atoms with E-state index in [0.717, 1.165) is 43.8 Å². The van der Waals surface area contributed by atoms with Gasteiger partial charge >= 0.3 is 0 Å². The molecule has 0 unspecified atom stereocenters. The second kappa shape index (κ2) is 7.59. The Morgan fingerprint density at radius 2 is 1.74 bits per heavy atom. The van der Waals surface area contributed by atoms with Gasteiger partial charge in [0.15, 0.2) is 0 Å². The Kier molecular flexibility index (Phi) is 5.19. The maximum atomic E-state index is 12.7. The summed E-state index contributed by atoms with van der Waals surface area (Å²) < 4.78 is 0. The topological polar surface area (TPSA) is 73.0 Å². The third-order valence-corrected chi connectivity index (χ3v) is 7.05. The summed E-state index contributed by atoms with van der Waals surface area (Å²) in [7, 11) is 0. The van der Waals surface area contributed by atoms with Crippen LogP contribution in [0.25, 0.3) is 0 Å². The molecule has 0 saturated carbocycles. The predicted octanol–water partition coefficient (Wildman–Crippen LogP) is 0.635. The molecule has 1 spiro atoms. The molecule has 7 nitrogen and oxygen atoms in total. The van der Waals surface area contributed by atoms with Crippen molar-refractivity contribution in [2.24, 2.45) is 5.41 Å². The molecule has 4 rings (SSSR count). The zero-order valence-electron chi connectivity index (χ0n) is 15.5. The number of piperazine rings is 1. The van der Waals surface area contributed by atoms with Crippen molar-refractivity contribution in [2.75, 3.05) is 52.4 Å². The molecule has 0 bridgehead atoms. The molecular weight excluding hydrogens is 364 g/mol. The van der Waals surface area contributed by atoms with Crippen molar-refractivity contribution < 1.29 is 14.4 Å². The summed E-state index contributed by atoms with van der Waals surface area (Å²) >= 11 is 1.46. The molecule has 4 heterocycles. The van der Waals surface area contributed by atoms with Gasteiger partial charge in [-0.2, -0.15) is 0 Å². The number of carbonyl (C=O) groups is 3. The summed E-state index contributed by atoms with van der Waals surface area (Å²) in [5, 5.41) is 4.85. The molecule has 0 aromatic carbocycles. The summed E-state index contributed by atoms with van der Waals surface area (Å²) in [6, 6.07) is 3.73. The van der Waals surface area contributed by atoms with E-state index in [1.54, 1.807) is 0 Å². The highest BCUT2D eigenvalue weighted by Gasteiger charge is 2.44. The van der Waals surface area contributed by atoms with Crippen LogP contribution in [0.15, 0.2) is 17.5 Å². The predicted molar refractivity (Wildman–Crippen MR) is 103 cm³/mol. The van der Waals surface area contributed by atoms with Crippen molar-refractivity contribution >= 4 is 29.1 Å². The van der Waals surface area contributed by atoms with Crippen LogP contribution in [0.3, 0.4) is 0 Å². The minimum atomic E-state index is -0.187. The average molecular weight is 391 g/mol. The van der Waals surface area contributed by atoms with E-state index >= 15 is 0 Å². The van der Waals surface area contributed by atoms with Gasteiger partial charge in [-0.1, -0.05) is 6.07 Å². The number of rotatable bonds is 3. The van der Waals surface area contributed by atoms with E-state index < -0.39 is 0 Å². The maximum absolute atomic E-state index is 12.7. The van der Waals surface area contributed by atoms with Crippen LogP contribution in [0.5, 0.6) is 0 Å². The number of nitrogens with zero attached hydrogens (tertiary/aromatic N) is 3. The van der Waals surface area contributed by atoms with E-state index in [4.69, 9.17) is 0 Å². The van der Waals surface area contributed by atoms with Crippen molar-refractivity contribution in [2.45, 2.75) is 19.3 Å². The lowest BCUT2D eigenvalue weighted by atomic mass is 9.77. The zero-order chi connectivity index (χ0) is 18.9. The molecule has 3 aliphatic rings. The number of likely N-dealkylation sites (tertiary alicyclic amines) is 1. The Labute approximate surface area is 163 Å². The quantitative estimate of drug-likeness (QED) is 0.822. The summed E-state index contributed by atoms with van der Waals surface area (Å²) in [6.45, 7) is 5.17. The molecule has 146 valence electrons. The second-order valence-corrected chi connectivity index (χ2v) is 8.66. The monoisotopic (exact) mass is 390 g/mol. The van der Waals surface area contributed by atoms with Crippen molar-refractivity contribution in [3.63, 3.8) is 0 Å². The van der Waals surface area contributed by atoms with E-state index in [9.17, 15) is 14.4 Å². The molecule has 1 N–H and O–H groups in total. The van der Waals surface area contributed by atoms with Crippen LogP contribution in [0, 0.1) is 5.41 Å². The van der Waals surface area contributed by atoms with Crippen LogP contribution >= 0.6 is 11.3 Å². The number of nitrogens with one attached hydrogen (secondary N) is 1. The first kappa shape index (κ1) is 18.4. The maximum Gasteiger partial charge on any atom is 0.264 e. The molecule has 1 aromatic heterocycles.